The molecule has 1 aromatic heterocycles. The molecule has 2 rings (SSSR count). The smallest absolute Gasteiger partial charge is 0.0246 e. The first-order valence-corrected chi connectivity index (χ1v) is 4.74. The Morgan fingerprint density at radius 2 is 2.15 bits per heavy atom. The van der Waals surface area contributed by atoms with Gasteiger partial charge in [-0.25, -0.2) is 0 Å². The number of nitrogens with zero attached hydrogens (tertiary/aromatic N) is 1. The molecule has 0 N–H and O–H groups in total. The van der Waals surface area contributed by atoms with Crippen molar-refractivity contribution >= 4 is 0 Å². The highest BCUT2D eigenvalue weighted by atomic mass is 15.0. The number of aromatic nitrogens is 1. The van der Waals surface area contributed by atoms with E-state index in [0.29, 0.717) is 5.92 Å². The zero-order chi connectivity index (χ0) is 9.26. The van der Waals surface area contributed by atoms with E-state index < -0.39 is 0 Å². The van der Waals surface area contributed by atoms with E-state index in [-0.39, 0.29) is 0 Å². The fraction of sp³-hybridized carbons (Fsp3) is 0.333. The molecule has 0 aromatic carbocycles. The molecule has 68 valence electrons. The second-order valence-corrected chi connectivity index (χ2v) is 3.61. The molecule has 0 spiro atoms. The Kier molecular flexibility index (Phi) is 2.09. The van der Waals surface area contributed by atoms with E-state index in [9.17, 15) is 0 Å². The van der Waals surface area contributed by atoms with Crippen LogP contribution in [0.2, 0.25) is 0 Å². The van der Waals surface area contributed by atoms with Gasteiger partial charge >= 0.3 is 0 Å². The number of hydrogen-bond acceptors (Lipinski definition) is 0. The van der Waals surface area contributed by atoms with Crippen LogP contribution in [0.3, 0.4) is 0 Å². The Bertz CT molecular complexity index is 355. The van der Waals surface area contributed by atoms with Gasteiger partial charge in [0.2, 0.25) is 0 Å². The average molecular weight is 173 g/mol. The van der Waals surface area contributed by atoms with Crippen LogP contribution in [0.1, 0.15) is 23.7 Å². The fourth-order valence-corrected chi connectivity index (χ4v) is 1.81. The molecule has 0 fully saturated rings. The zero-order valence-corrected chi connectivity index (χ0v) is 8.20. The molecule has 1 unspecified atom stereocenters. The molecule has 1 atom stereocenters. The minimum absolute atomic E-state index is 0.573. The molecule has 1 aliphatic carbocycles. The van der Waals surface area contributed by atoms with Crippen LogP contribution >= 0.6 is 0 Å². The Morgan fingerprint density at radius 1 is 1.31 bits per heavy atom. The predicted molar refractivity (Wildman–Crippen MR) is 55.8 cm³/mol. The third-order valence-electron chi connectivity index (χ3n) is 2.77. The van der Waals surface area contributed by atoms with E-state index in [0.717, 1.165) is 6.42 Å². The second-order valence-electron chi connectivity index (χ2n) is 3.61. The summed E-state index contributed by atoms with van der Waals surface area (Å²) in [6.07, 6.45) is 9.89. The molecular formula is C12H15N. The Labute approximate surface area is 79.4 Å². The fourth-order valence-electron chi connectivity index (χ4n) is 1.81. The zero-order valence-electron chi connectivity index (χ0n) is 8.20. The van der Waals surface area contributed by atoms with Crippen LogP contribution in [0.4, 0.5) is 0 Å². The maximum absolute atomic E-state index is 2.27. The van der Waals surface area contributed by atoms with Crippen molar-refractivity contribution in [1.29, 1.82) is 0 Å². The van der Waals surface area contributed by atoms with Gasteiger partial charge in [-0.1, -0.05) is 24.3 Å². The Hall–Kier alpha value is -1.24. The summed E-state index contributed by atoms with van der Waals surface area (Å²) >= 11 is 0. The Balaban J connectivity index is 2.30. The van der Waals surface area contributed by atoms with E-state index in [1.807, 2.05) is 0 Å². The van der Waals surface area contributed by atoms with Crippen molar-refractivity contribution in [2.45, 2.75) is 19.3 Å². The third-order valence-corrected chi connectivity index (χ3v) is 2.77. The van der Waals surface area contributed by atoms with Gasteiger partial charge in [0.15, 0.2) is 0 Å². The first kappa shape index (κ1) is 8.36. The molecule has 1 aromatic rings. The van der Waals surface area contributed by atoms with Crippen LogP contribution in [0, 0.1) is 6.92 Å². The van der Waals surface area contributed by atoms with E-state index in [4.69, 9.17) is 0 Å². The van der Waals surface area contributed by atoms with Gasteiger partial charge in [0, 0.05) is 24.4 Å². The normalized spacial score (nSPS) is 20.9. The summed E-state index contributed by atoms with van der Waals surface area (Å²) in [4.78, 5) is 0. The molecule has 13 heavy (non-hydrogen) atoms. The van der Waals surface area contributed by atoms with Crippen LogP contribution in [0.5, 0.6) is 0 Å². The summed E-state index contributed by atoms with van der Waals surface area (Å²) in [5.41, 5.74) is 2.75. The lowest BCUT2D eigenvalue weighted by atomic mass is 9.97. The van der Waals surface area contributed by atoms with E-state index in [1.165, 1.54) is 11.4 Å². The van der Waals surface area contributed by atoms with Crippen molar-refractivity contribution in [2.75, 3.05) is 0 Å². The summed E-state index contributed by atoms with van der Waals surface area (Å²) in [7, 11) is 2.14. The first-order chi connectivity index (χ1) is 6.29. The van der Waals surface area contributed by atoms with Gasteiger partial charge in [0.05, 0.1) is 0 Å². The predicted octanol–water partition coefficient (Wildman–Crippen LogP) is 2.93. The second kappa shape index (κ2) is 3.25. The minimum Gasteiger partial charge on any atom is -0.351 e. The number of aryl methyl sites for hydroxylation is 1. The molecule has 1 heteroatoms. The van der Waals surface area contributed by atoms with Crippen LogP contribution in [-0.4, -0.2) is 4.57 Å². The topological polar surface area (TPSA) is 4.93 Å². The standard InChI is InChI=1S/C12H15N/c1-10-8-9-12(13(10)2)11-6-4-3-5-7-11/h3-6,8-9,11H,7H2,1-2H3. The van der Waals surface area contributed by atoms with Gasteiger partial charge in [0.25, 0.3) is 0 Å². The molecule has 1 heterocycles. The lowest BCUT2D eigenvalue weighted by Crippen LogP contribution is -2.04. The highest BCUT2D eigenvalue weighted by molar-refractivity contribution is 5.27. The summed E-state index contributed by atoms with van der Waals surface area (Å²) in [5, 5.41) is 0. The Morgan fingerprint density at radius 3 is 2.69 bits per heavy atom. The summed E-state index contributed by atoms with van der Waals surface area (Å²) < 4.78 is 2.27. The molecule has 0 bridgehead atoms. The van der Waals surface area contributed by atoms with Crippen LogP contribution in [0.15, 0.2) is 36.4 Å². The largest absolute Gasteiger partial charge is 0.351 e. The van der Waals surface area contributed by atoms with Crippen LogP contribution in [0.25, 0.3) is 0 Å². The number of allylic oxidation sites excluding steroid dienone is 4. The molecule has 0 amide bonds. The molecule has 0 saturated heterocycles. The summed E-state index contributed by atoms with van der Waals surface area (Å²) in [6.45, 7) is 2.14. The average Bonchev–Trinajstić information content (AvgIpc) is 2.49. The van der Waals surface area contributed by atoms with E-state index in [1.54, 1.807) is 0 Å². The van der Waals surface area contributed by atoms with Crippen LogP contribution < -0.4 is 0 Å². The van der Waals surface area contributed by atoms with Crippen molar-refractivity contribution in [3.05, 3.63) is 47.8 Å². The summed E-state index contributed by atoms with van der Waals surface area (Å²) in [5.74, 6) is 0.573. The van der Waals surface area contributed by atoms with Gasteiger partial charge in [-0.05, 0) is 25.5 Å². The quantitative estimate of drug-likeness (QED) is 0.615. The molecule has 1 aliphatic rings. The van der Waals surface area contributed by atoms with Crippen molar-refractivity contribution < 1.29 is 0 Å². The molecule has 0 radical (unpaired) electrons. The number of hydrogen-bond donors (Lipinski definition) is 0. The minimum atomic E-state index is 0.573. The lowest BCUT2D eigenvalue weighted by molar-refractivity contribution is 0.727. The van der Waals surface area contributed by atoms with Gasteiger partial charge in [-0.15, -0.1) is 0 Å². The lowest BCUT2D eigenvalue weighted by Gasteiger charge is -2.14. The molecular weight excluding hydrogens is 158 g/mol. The van der Waals surface area contributed by atoms with Gasteiger partial charge in [-0.2, -0.15) is 0 Å². The monoisotopic (exact) mass is 173 g/mol. The van der Waals surface area contributed by atoms with E-state index >= 15 is 0 Å². The van der Waals surface area contributed by atoms with Crippen molar-refractivity contribution in [1.82, 2.24) is 4.57 Å². The highest BCUT2D eigenvalue weighted by Gasteiger charge is 2.11. The maximum Gasteiger partial charge on any atom is 0.0246 e. The van der Waals surface area contributed by atoms with E-state index in [2.05, 4.69) is 55.0 Å². The third kappa shape index (κ3) is 1.46. The molecule has 1 nitrogen and oxygen atoms in total. The summed E-state index contributed by atoms with van der Waals surface area (Å²) in [6, 6.07) is 4.41. The highest BCUT2D eigenvalue weighted by Crippen LogP contribution is 2.25. The van der Waals surface area contributed by atoms with Gasteiger partial charge in [-0.3, -0.25) is 0 Å². The van der Waals surface area contributed by atoms with Crippen LogP contribution in [-0.2, 0) is 7.05 Å². The van der Waals surface area contributed by atoms with Crippen molar-refractivity contribution in [2.24, 2.45) is 7.05 Å². The maximum atomic E-state index is 2.27. The first-order valence-electron chi connectivity index (χ1n) is 4.74. The van der Waals surface area contributed by atoms with Gasteiger partial charge < -0.3 is 4.57 Å². The van der Waals surface area contributed by atoms with Crippen molar-refractivity contribution in [3.8, 4) is 0 Å². The van der Waals surface area contributed by atoms with Crippen molar-refractivity contribution in [3.63, 3.8) is 0 Å². The molecule has 0 saturated carbocycles. The number of rotatable bonds is 1. The molecule has 0 aliphatic heterocycles. The van der Waals surface area contributed by atoms with Gasteiger partial charge in [0.1, 0.15) is 0 Å². The SMILES string of the molecule is Cc1ccc(C2C=CC=CC2)n1C.